The fourth-order valence-electron chi connectivity index (χ4n) is 3.48. The van der Waals surface area contributed by atoms with Crippen molar-refractivity contribution in [1.82, 2.24) is 24.7 Å². The highest BCUT2D eigenvalue weighted by atomic mass is 35.5. The molecule has 9 nitrogen and oxygen atoms in total. The third kappa shape index (κ3) is 5.18. The molecule has 3 aromatic rings. The van der Waals surface area contributed by atoms with E-state index in [1.807, 2.05) is 22.8 Å². The number of para-hydroxylation sites is 1. The molecule has 2 atom stereocenters. The number of hydrogen-bond donors (Lipinski definition) is 1. The Labute approximate surface area is 202 Å². The van der Waals surface area contributed by atoms with E-state index in [9.17, 15) is 0 Å². The van der Waals surface area contributed by atoms with Crippen LogP contribution in [0.15, 0.2) is 30.6 Å². The molecule has 176 valence electrons. The van der Waals surface area contributed by atoms with Gasteiger partial charge in [-0.25, -0.2) is 9.97 Å². The highest BCUT2D eigenvalue weighted by Gasteiger charge is 2.27. The quantitative estimate of drug-likeness (QED) is 0.420. The number of rotatable bonds is 10. The van der Waals surface area contributed by atoms with Crippen LogP contribution in [-0.2, 0) is 11.2 Å². The van der Waals surface area contributed by atoms with Gasteiger partial charge in [-0.05, 0) is 24.1 Å². The standard InChI is InChI=1S/C22H27ClN6O3S/c1-13(21-24-9-16(23)10-25-21)14(2)33-28-22-27-26-19(8-15-11-32-12-15)29(22)20-17(30-3)6-5-7-18(20)31-4/h5-7,9-10,13-15H,8,11-12H2,1-4H3,(H,27,28). The molecule has 2 unspecified atom stereocenters. The summed E-state index contributed by atoms with van der Waals surface area (Å²) in [6, 6.07) is 5.68. The first kappa shape index (κ1) is 23.6. The van der Waals surface area contributed by atoms with Crippen molar-refractivity contribution in [3.8, 4) is 17.2 Å². The van der Waals surface area contributed by atoms with Crippen molar-refractivity contribution in [2.75, 3.05) is 32.2 Å². The van der Waals surface area contributed by atoms with Crippen LogP contribution in [0.25, 0.3) is 5.69 Å². The van der Waals surface area contributed by atoms with Crippen LogP contribution in [0.4, 0.5) is 5.95 Å². The largest absolute Gasteiger partial charge is 0.494 e. The predicted octanol–water partition coefficient (Wildman–Crippen LogP) is 4.17. The maximum absolute atomic E-state index is 5.93. The van der Waals surface area contributed by atoms with E-state index in [1.54, 1.807) is 26.6 Å². The van der Waals surface area contributed by atoms with E-state index in [0.29, 0.717) is 28.4 Å². The van der Waals surface area contributed by atoms with Crippen molar-refractivity contribution >= 4 is 29.5 Å². The van der Waals surface area contributed by atoms with Crippen molar-refractivity contribution in [1.29, 1.82) is 0 Å². The molecule has 0 spiro atoms. The first-order valence-corrected chi connectivity index (χ1v) is 11.9. The average Bonchev–Trinajstić information content (AvgIpc) is 3.21. The lowest BCUT2D eigenvalue weighted by atomic mass is 10.0. The Balaban J connectivity index is 1.61. The van der Waals surface area contributed by atoms with Crippen LogP contribution in [0.3, 0.4) is 0 Å². The summed E-state index contributed by atoms with van der Waals surface area (Å²) in [5.74, 6) is 3.98. The molecule has 1 aliphatic heterocycles. The van der Waals surface area contributed by atoms with E-state index >= 15 is 0 Å². The number of aromatic nitrogens is 5. The molecular weight excluding hydrogens is 464 g/mol. The topological polar surface area (TPSA) is 96.2 Å². The van der Waals surface area contributed by atoms with Gasteiger partial charge in [-0.3, -0.25) is 9.29 Å². The highest BCUT2D eigenvalue weighted by molar-refractivity contribution is 8.01. The molecule has 1 aromatic carbocycles. The lowest BCUT2D eigenvalue weighted by Crippen LogP contribution is -2.30. The van der Waals surface area contributed by atoms with Crippen molar-refractivity contribution in [2.45, 2.75) is 31.4 Å². The Hall–Kier alpha value is -2.56. The van der Waals surface area contributed by atoms with Crippen LogP contribution in [-0.4, -0.2) is 57.4 Å². The molecule has 1 saturated heterocycles. The molecule has 0 amide bonds. The Kier molecular flexibility index (Phi) is 7.56. The maximum atomic E-state index is 5.93. The molecule has 3 heterocycles. The minimum atomic E-state index is 0.0866. The number of methoxy groups -OCH3 is 2. The van der Waals surface area contributed by atoms with Gasteiger partial charge in [0.25, 0.3) is 0 Å². The molecule has 2 aromatic heterocycles. The Morgan fingerprint density at radius 1 is 1.15 bits per heavy atom. The summed E-state index contributed by atoms with van der Waals surface area (Å²) in [6.45, 7) is 5.64. The van der Waals surface area contributed by atoms with Gasteiger partial charge < -0.3 is 14.2 Å². The molecule has 1 N–H and O–H groups in total. The van der Waals surface area contributed by atoms with E-state index in [4.69, 9.17) is 25.8 Å². The lowest BCUT2D eigenvalue weighted by molar-refractivity contribution is -0.0322. The summed E-state index contributed by atoms with van der Waals surface area (Å²) in [6.07, 6.45) is 3.98. The third-order valence-electron chi connectivity index (χ3n) is 5.62. The normalized spacial score (nSPS) is 15.5. The zero-order valence-electron chi connectivity index (χ0n) is 19.0. The molecular formula is C22H27ClN6O3S. The number of nitrogens with zero attached hydrogens (tertiary/aromatic N) is 5. The van der Waals surface area contributed by atoms with Gasteiger partial charge >= 0.3 is 0 Å². The average molecular weight is 491 g/mol. The van der Waals surface area contributed by atoms with E-state index in [1.165, 1.54) is 11.9 Å². The van der Waals surface area contributed by atoms with Gasteiger partial charge in [-0.1, -0.05) is 31.5 Å². The molecule has 0 bridgehead atoms. The first-order chi connectivity index (χ1) is 16.0. The van der Waals surface area contributed by atoms with Crippen molar-refractivity contribution in [3.05, 3.63) is 47.3 Å². The number of hydrogen-bond acceptors (Lipinski definition) is 9. The predicted molar refractivity (Wildman–Crippen MR) is 129 cm³/mol. The molecule has 1 fully saturated rings. The summed E-state index contributed by atoms with van der Waals surface area (Å²) in [5, 5.41) is 9.60. The lowest BCUT2D eigenvalue weighted by Gasteiger charge is -2.26. The summed E-state index contributed by atoms with van der Waals surface area (Å²) in [5.41, 5.74) is 0.757. The monoisotopic (exact) mass is 490 g/mol. The van der Waals surface area contributed by atoms with Crippen molar-refractivity contribution in [2.24, 2.45) is 5.92 Å². The first-order valence-electron chi connectivity index (χ1n) is 10.6. The van der Waals surface area contributed by atoms with E-state index in [0.717, 1.165) is 37.0 Å². The second kappa shape index (κ2) is 10.6. The van der Waals surface area contributed by atoms with Crippen LogP contribution >= 0.6 is 23.5 Å². The minimum Gasteiger partial charge on any atom is -0.494 e. The smallest absolute Gasteiger partial charge is 0.239 e. The van der Waals surface area contributed by atoms with E-state index in [2.05, 4.69) is 38.7 Å². The Morgan fingerprint density at radius 3 is 2.39 bits per heavy atom. The molecule has 11 heteroatoms. The Bertz CT molecular complexity index is 1050. The number of nitrogens with one attached hydrogen (secondary N) is 1. The van der Waals surface area contributed by atoms with Crippen LogP contribution in [0.5, 0.6) is 11.5 Å². The Morgan fingerprint density at radius 2 is 1.82 bits per heavy atom. The van der Waals surface area contributed by atoms with Gasteiger partial charge in [0.05, 0.1) is 32.5 Å². The summed E-state index contributed by atoms with van der Waals surface area (Å²) in [4.78, 5) is 8.71. The van der Waals surface area contributed by atoms with Crippen molar-refractivity contribution in [3.63, 3.8) is 0 Å². The second-order valence-corrected chi connectivity index (χ2v) is 9.49. The van der Waals surface area contributed by atoms with Gasteiger partial charge in [0, 0.05) is 35.9 Å². The summed E-state index contributed by atoms with van der Waals surface area (Å²) < 4.78 is 22.0. The number of ether oxygens (including phenoxy) is 3. The molecule has 4 rings (SSSR count). The SMILES string of the molecule is COc1cccc(OC)c1-n1c(CC2COC2)nnc1NSC(C)C(C)c1ncc(Cl)cn1. The van der Waals surface area contributed by atoms with Crippen LogP contribution in [0, 0.1) is 5.92 Å². The van der Waals surface area contributed by atoms with E-state index in [-0.39, 0.29) is 11.2 Å². The molecule has 0 saturated carbocycles. The van der Waals surface area contributed by atoms with Crippen molar-refractivity contribution < 1.29 is 14.2 Å². The number of halogens is 1. The van der Waals surface area contributed by atoms with Gasteiger partial charge in [-0.15, -0.1) is 10.2 Å². The minimum absolute atomic E-state index is 0.0866. The molecule has 1 aliphatic rings. The highest BCUT2D eigenvalue weighted by Crippen LogP contribution is 2.37. The zero-order valence-corrected chi connectivity index (χ0v) is 20.6. The summed E-state index contributed by atoms with van der Waals surface area (Å²) in [7, 11) is 3.28. The van der Waals surface area contributed by atoms with Gasteiger partial charge in [0.1, 0.15) is 28.8 Å². The number of anilines is 1. The van der Waals surface area contributed by atoms with Crippen LogP contribution < -0.4 is 14.2 Å². The molecule has 33 heavy (non-hydrogen) atoms. The number of benzene rings is 1. The molecule has 0 aliphatic carbocycles. The maximum Gasteiger partial charge on any atom is 0.239 e. The van der Waals surface area contributed by atoms with E-state index < -0.39 is 0 Å². The van der Waals surface area contributed by atoms with Gasteiger partial charge in [0.15, 0.2) is 0 Å². The molecule has 0 radical (unpaired) electrons. The fraction of sp³-hybridized carbons (Fsp3) is 0.455. The van der Waals surface area contributed by atoms with Gasteiger partial charge in [-0.2, -0.15) is 0 Å². The summed E-state index contributed by atoms with van der Waals surface area (Å²) >= 11 is 7.46. The second-order valence-electron chi connectivity index (χ2n) is 7.87. The van der Waals surface area contributed by atoms with Crippen LogP contribution in [0.2, 0.25) is 5.02 Å². The van der Waals surface area contributed by atoms with Gasteiger partial charge in [0.2, 0.25) is 5.95 Å². The fourth-order valence-corrected chi connectivity index (χ4v) is 4.32. The van der Waals surface area contributed by atoms with Crippen LogP contribution in [0.1, 0.15) is 31.4 Å². The third-order valence-corrected chi connectivity index (χ3v) is 6.90. The zero-order chi connectivity index (χ0) is 23.4.